The number of nitrogens with one attached hydrogen (secondary N) is 1. The summed E-state index contributed by atoms with van der Waals surface area (Å²) < 4.78 is 32.3. The van der Waals surface area contributed by atoms with E-state index in [1.54, 1.807) is 4.90 Å². The number of benzene rings is 1. The summed E-state index contributed by atoms with van der Waals surface area (Å²) >= 11 is 3.45. The maximum atomic E-state index is 12.6. The largest absolute Gasteiger partial charge is 0.368 e. The van der Waals surface area contributed by atoms with E-state index in [0.717, 1.165) is 22.7 Å². The Morgan fingerprint density at radius 2 is 2.17 bits per heavy atom. The second-order valence-electron chi connectivity index (χ2n) is 6.37. The Morgan fingerprint density at radius 1 is 1.42 bits per heavy atom. The van der Waals surface area contributed by atoms with Crippen LogP contribution < -0.4 is 4.72 Å². The molecular weight excluding hydrogens is 396 g/mol. The Balaban J connectivity index is 1.81. The molecule has 0 aliphatic carbocycles. The average molecular weight is 417 g/mol. The van der Waals surface area contributed by atoms with Gasteiger partial charge in [0, 0.05) is 23.5 Å². The third-order valence-corrected chi connectivity index (χ3v) is 5.73. The zero-order valence-electron chi connectivity index (χ0n) is 13.4. The number of likely N-dealkylation sites (tertiary alicyclic amines) is 1. The van der Waals surface area contributed by atoms with E-state index in [9.17, 15) is 13.2 Å². The minimum absolute atomic E-state index is 0.0287. The van der Waals surface area contributed by atoms with Gasteiger partial charge in [-0.1, -0.05) is 28.1 Å². The van der Waals surface area contributed by atoms with Crippen molar-refractivity contribution >= 4 is 31.9 Å². The van der Waals surface area contributed by atoms with E-state index in [2.05, 4.69) is 20.7 Å². The van der Waals surface area contributed by atoms with Gasteiger partial charge >= 0.3 is 0 Å². The van der Waals surface area contributed by atoms with Gasteiger partial charge in [-0.05, 0) is 30.5 Å². The fourth-order valence-corrected chi connectivity index (χ4v) is 4.58. The number of rotatable bonds is 5. The van der Waals surface area contributed by atoms with Crippen LogP contribution in [0.25, 0.3) is 0 Å². The van der Waals surface area contributed by atoms with Gasteiger partial charge in [-0.25, -0.2) is 13.1 Å². The molecule has 24 heavy (non-hydrogen) atoms. The van der Waals surface area contributed by atoms with Gasteiger partial charge in [0.25, 0.3) is 5.91 Å². The van der Waals surface area contributed by atoms with Gasteiger partial charge in [-0.2, -0.15) is 0 Å². The van der Waals surface area contributed by atoms with Crippen LogP contribution in [0, 0.1) is 0 Å². The summed E-state index contributed by atoms with van der Waals surface area (Å²) in [5, 5.41) is 0. The smallest absolute Gasteiger partial charge is 0.252 e. The third-order valence-electron chi connectivity index (χ3n) is 4.50. The van der Waals surface area contributed by atoms with Crippen LogP contribution in [-0.2, 0) is 26.0 Å². The highest BCUT2D eigenvalue weighted by Crippen LogP contribution is 2.27. The molecule has 2 aliphatic heterocycles. The van der Waals surface area contributed by atoms with E-state index in [1.165, 1.54) is 0 Å². The summed E-state index contributed by atoms with van der Waals surface area (Å²) in [6, 6.07) is 7.39. The van der Waals surface area contributed by atoms with E-state index in [4.69, 9.17) is 4.74 Å². The van der Waals surface area contributed by atoms with Crippen molar-refractivity contribution in [2.75, 3.05) is 19.4 Å². The number of carbonyl (C=O) groups excluding carboxylic acids is 1. The first-order valence-corrected chi connectivity index (χ1v) is 10.7. The van der Waals surface area contributed by atoms with Crippen LogP contribution in [0.15, 0.2) is 28.7 Å². The second kappa shape index (κ2) is 7.11. The Hall–Kier alpha value is -0.960. The minimum Gasteiger partial charge on any atom is -0.368 e. The molecule has 3 atom stereocenters. The Labute approximate surface area is 150 Å². The van der Waals surface area contributed by atoms with Crippen LogP contribution in [0.4, 0.5) is 0 Å². The van der Waals surface area contributed by atoms with E-state index in [1.807, 2.05) is 24.3 Å². The van der Waals surface area contributed by atoms with Gasteiger partial charge < -0.3 is 9.64 Å². The molecule has 0 radical (unpaired) electrons. The zero-order chi connectivity index (χ0) is 17.3. The fraction of sp³-hybridized carbons (Fsp3) is 0.562. The van der Waals surface area contributed by atoms with Gasteiger partial charge in [0.05, 0.1) is 18.9 Å². The van der Waals surface area contributed by atoms with Crippen LogP contribution in [0.5, 0.6) is 0 Å². The summed E-state index contributed by atoms with van der Waals surface area (Å²) in [5.74, 6) is -0.0287. The second-order valence-corrected chi connectivity index (χ2v) is 9.06. The first kappa shape index (κ1) is 17.8. The number of ether oxygens (including phenoxy) is 1. The molecule has 1 aromatic rings. The standard InChI is InChI=1S/C16H21BrN2O4S/c1-24(21,22)18-13-5-7-19(16(20)15-6-8-23-15)14(13)10-11-3-2-4-12(17)9-11/h2-4,9,13-15,18H,5-8,10H2,1H3/t13-,14-,15+/m0/s1. The van der Waals surface area contributed by atoms with Crippen LogP contribution >= 0.6 is 15.9 Å². The molecule has 0 aromatic heterocycles. The zero-order valence-corrected chi connectivity index (χ0v) is 15.8. The molecule has 132 valence electrons. The molecule has 0 spiro atoms. The molecule has 2 heterocycles. The Kier molecular flexibility index (Phi) is 5.29. The van der Waals surface area contributed by atoms with Crippen molar-refractivity contribution in [2.45, 2.75) is 37.5 Å². The molecule has 2 saturated heterocycles. The lowest BCUT2D eigenvalue weighted by Crippen LogP contribution is -2.52. The van der Waals surface area contributed by atoms with Crippen molar-refractivity contribution in [3.63, 3.8) is 0 Å². The van der Waals surface area contributed by atoms with Crippen molar-refractivity contribution in [3.05, 3.63) is 34.3 Å². The van der Waals surface area contributed by atoms with Crippen molar-refractivity contribution in [1.82, 2.24) is 9.62 Å². The maximum absolute atomic E-state index is 12.6. The van der Waals surface area contributed by atoms with E-state index in [0.29, 0.717) is 26.0 Å². The quantitative estimate of drug-likeness (QED) is 0.784. The summed E-state index contributed by atoms with van der Waals surface area (Å²) in [7, 11) is -3.33. The molecule has 0 saturated carbocycles. The van der Waals surface area contributed by atoms with E-state index >= 15 is 0 Å². The minimum atomic E-state index is -3.33. The molecule has 0 unspecified atom stereocenters. The molecule has 2 aliphatic rings. The van der Waals surface area contributed by atoms with Crippen LogP contribution in [-0.4, -0.2) is 56.8 Å². The van der Waals surface area contributed by atoms with E-state index < -0.39 is 10.0 Å². The monoisotopic (exact) mass is 416 g/mol. The molecule has 1 aromatic carbocycles. The summed E-state index contributed by atoms with van der Waals surface area (Å²) in [6.07, 6.45) is 2.74. The van der Waals surface area contributed by atoms with Gasteiger partial charge in [-0.15, -0.1) is 0 Å². The van der Waals surface area contributed by atoms with Crippen molar-refractivity contribution in [2.24, 2.45) is 0 Å². The lowest BCUT2D eigenvalue weighted by atomic mass is 10.00. The van der Waals surface area contributed by atoms with Gasteiger partial charge in [0.15, 0.2) is 0 Å². The lowest BCUT2D eigenvalue weighted by molar-refractivity contribution is -0.157. The number of hydrogen-bond donors (Lipinski definition) is 1. The first-order valence-electron chi connectivity index (χ1n) is 7.97. The van der Waals surface area contributed by atoms with Gasteiger partial charge in [0.2, 0.25) is 10.0 Å². The van der Waals surface area contributed by atoms with Crippen LogP contribution in [0.3, 0.4) is 0 Å². The highest BCUT2D eigenvalue weighted by molar-refractivity contribution is 9.10. The molecule has 0 bridgehead atoms. The maximum Gasteiger partial charge on any atom is 0.252 e. The molecular formula is C16H21BrN2O4S. The number of carbonyl (C=O) groups is 1. The lowest BCUT2D eigenvalue weighted by Gasteiger charge is -2.34. The predicted octanol–water partition coefficient (Wildman–Crippen LogP) is 1.30. The SMILES string of the molecule is CS(=O)(=O)N[C@H]1CCN(C(=O)[C@H]2CCO2)[C@H]1Cc1cccc(Br)c1. The average Bonchev–Trinajstić information content (AvgIpc) is 2.77. The van der Waals surface area contributed by atoms with Crippen molar-refractivity contribution in [3.8, 4) is 0 Å². The number of sulfonamides is 1. The van der Waals surface area contributed by atoms with E-state index in [-0.39, 0.29) is 24.1 Å². The Morgan fingerprint density at radius 3 is 2.75 bits per heavy atom. The first-order chi connectivity index (χ1) is 11.3. The fourth-order valence-electron chi connectivity index (χ4n) is 3.31. The van der Waals surface area contributed by atoms with Crippen LogP contribution in [0.2, 0.25) is 0 Å². The topological polar surface area (TPSA) is 75.7 Å². The number of amides is 1. The summed E-state index contributed by atoms with van der Waals surface area (Å²) in [5.41, 5.74) is 1.06. The van der Waals surface area contributed by atoms with Crippen LogP contribution in [0.1, 0.15) is 18.4 Å². The molecule has 2 fully saturated rings. The van der Waals surface area contributed by atoms with Crippen molar-refractivity contribution < 1.29 is 17.9 Å². The normalized spacial score (nSPS) is 27.1. The highest BCUT2D eigenvalue weighted by Gasteiger charge is 2.42. The van der Waals surface area contributed by atoms with Gasteiger partial charge in [0.1, 0.15) is 6.10 Å². The molecule has 1 amide bonds. The summed E-state index contributed by atoms with van der Waals surface area (Å²) in [4.78, 5) is 14.4. The third kappa shape index (κ3) is 4.17. The molecule has 6 nitrogen and oxygen atoms in total. The molecule has 3 rings (SSSR count). The number of nitrogens with zero attached hydrogens (tertiary/aromatic N) is 1. The number of halogens is 1. The number of hydrogen-bond acceptors (Lipinski definition) is 4. The Bertz CT molecular complexity index is 721. The highest BCUT2D eigenvalue weighted by atomic mass is 79.9. The van der Waals surface area contributed by atoms with Crippen molar-refractivity contribution in [1.29, 1.82) is 0 Å². The molecule has 1 N–H and O–H groups in total. The molecule has 8 heteroatoms. The summed E-state index contributed by atoms with van der Waals surface area (Å²) in [6.45, 7) is 1.16. The van der Waals surface area contributed by atoms with Gasteiger partial charge in [-0.3, -0.25) is 4.79 Å². The predicted molar refractivity (Wildman–Crippen MR) is 94.1 cm³/mol.